The first kappa shape index (κ1) is 16.7. The molecule has 0 saturated carbocycles. The SMILES string of the molecule is CCNCCNC(=O)c1cccc(I)c1C.Cl. The molecule has 96 valence electrons. The Labute approximate surface area is 122 Å². The first-order valence-corrected chi connectivity index (χ1v) is 6.48. The van der Waals surface area contributed by atoms with E-state index in [9.17, 15) is 4.79 Å². The lowest BCUT2D eigenvalue weighted by molar-refractivity contribution is 0.0953. The summed E-state index contributed by atoms with van der Waals surface area (Å²) in [6.07, 6.45) is 0. The van der Waals surface area contributed by atoms with Gasteiger partial charge in [-0.15, -0.1) is 12.4 Å². The predicted molar refractivity (Wildman–Crippen MR) is 82.0 cm³/mol. The highest BCUT2D eigenvalue weighted by Gasteiger charge is 2.09. The standard InChI is InChI=1S/C12H17IN2O.ClH/c1-3-14-7-8-15-12(16)10-5-4-6-11(13)9(10)2;/h4-6,14H,3,7-8H2,1-2H3,(H,15,16);1H. The number of carbonyl (C=O) groups excluding carboxylic acids is 1. The predicted octanol–water partition coefficient (Wildman–Crippen LogP) is 2.36. The van der Waals surface area contributed by atoms with E-state index < -0.39 is 0 Å². The van der Waals surface area contributed by atoms with Crippen LogP contribution in [0.15, 0.2) is 18.2 Å². The van der Waals surface area contributed by atoms with Gasteiger partial charge in [-0.05, 0) is 53.8 Å². The van der Waals surface area contributed by atoms with E-state index >= 15 is 0 Å². The molecule has 2 N–H and O–H groups in total. The minimum atomic E-state index is 0. The lowest BCUT2D eigenvalue weighted by Gasteiger charge is -2.08. The fraction of sp³-hybridized carbons (Fsp3) is 0.417. The van der Waals surface area contributed by atoms with Crippen LogP contribution in [0.4, 0.5) is 0 Å². The Hall–Kier alpha value is -0.330. The number of nitrogens with one attached hydrogen (secondary N) is 2. The third-order valence-electron chi connectivity index (χ3n) is 2.35. The molecule has 5 heteroatoms. The third-order valence-corrected chi connectivity index (χ3v) is 3.52. The zero-order chi connectivity index (χ0) is 12.0. The Balaban J connectivity index is 0.00000256. The molecule has 1 aromatic rings. The normalized spacial score (nSPS) is 9.59. The van der Waals surface area contributed by atoms with Gasteiger partial charge >= 0.3 is 0 Å². The summed E-state index contributed by atoms with van der Waals surface area (Å²) >= 11 is 2.24. The van der Waals surface area contributed by atoms with Gasteiger partial charge in [0.15, 0.2) is 0 Å². The van der Waals surface area contributed by atoms with Gasteiger partial charge < -0.3 is 10.6 Å². The van der Waals surface area contributed by atoms with Gasteiger partial charge in [-0.25, -0.2) is 0 Å². The van der Waals surface area contributed by atoms with Gasteiger partial charge in [0.1, 0.15) is 0 Å². The zero-order valence-electron chi connectivity index (χ0n) is 10.0. The maximum absolute atomic E-state index is 11.8. The zero-order valence-corrected chi connectivity index (χ0v) is 13.0. The highest BCUT2D eigenvalue weighted by molar-refractivity contribution is 14.1. The average molecular weight is 369 g/mol. The first-order chi connectivity index (χ1) is 7.66. The van der Waals surface area contributed by atoms with Crippen LogP contribution in [-0.4, -0.2) is 25.5 Å². The number of amides is 1. The smallest absolute Gasteiger partial charge is 0.251 e. The average Bonchev–Trinajstić information content (AvgIpc) is 2.28. The highest BCUT2D eigenvalue weighted by Crippen LogP contribution is 2.15. The fourth-order valence-corrected chi connectivity index (χ4v) is 1.89. The molecular weight excluding hydrogens is 351 g/mol. The minimum absolute atomic E-state index is 0. The van der Waals surface area contributed by atoms with Crippen LogP contribution in [-0.2, 0) is 0 Å². The van der Waals surface area contributed by atoms with E-state index in [0.29, 0.717) is 6.54 Å². The van der Waals surface area contributed by atoms with Crippen molar-refractivity contribution in [3.05, 3.63) is 32.9 Å². The molecule has 1 aromatic carbocycles. The molecule has 3 nitrogen and oxygen atoms in total. The minimum Gasteiger partial charge on any atom is -0.351 e. The molecule has 0 aliphatic rings. The second-order valence-electron chi connectivity index (χ2n) is 3.52. The Bertz CT molecular complexity index is 372. The molecule has 0 atom stereocenters. The molecule has 0 aromatic heterocycles. The first-order valence-electron chi connectivity index (χ1n) is 5.40. The summed E-state index contributed by atoms with van der Waals surface area (Å²) in [5.74, 6) is 0.00826. The van der Waals surface area contributed by atoms with Crippen LogP contribution in [0, 0.1) is 10.5 Å². The summed E-state index contributed by atoms with van der Waals surface area (Å²) in [7, 11) is 0. The van der Waals surface area contributed by atoms with Gasteiger partial charge in [0, 0.05) is 22.2 Å². The monoisotopic (exact) mass is 368 g/mol. The Morgan fingerprint density at radius 2 is 2.06 bits per heavy atom. The second kappa shape index (κ2) is 8.72. The molecule has 0 fully saturated rings. The van der Waals surface area contributed by atoms with Crippen molar-refractivity contribution >= 4 is 40.9 Å². The molecule has 17 heavy (non-hydrogen) atoms. The van der Waals surface area contributed by atoms with Crippen LogP contribution in [0.1, 0.15) is 22.8 Å². The molecule has 0 spiro atoms. The van der Waals surface area contributed by atoms with E-state index in [1.807, 2.05) is 32.0 Å². The number of hydrogen-bond donors (Lipinski definition) is 2. The quantitative estimate of drug-likeness (QED) is 0.619. The molecule has 1 rings (SSSR count). The number of rotatable bonds is 5. The summed E-state index contributed by atoms with van der Waals surface area (Å²) in [5.41, 5.74) is 1.81. The van der Waals surface area contributed by atoms with Crippen LogP contribution < -0.4 is 10.6 Å². The summed E-state index contributed by atoms with van der Waals surface area (Å²) in [6.45, 7) is 6.42. The van der Waals surface area contributed by atoms with Crippen molar-refractivity contribution in [2.45, 2.75) is 13.8 Å². The number of hydrogen-bond acceptors (Lipinski definition) is 2. The largest absolute Gasteiger partial charge is 0.351 e. The number of carbonyl (C=O) groups is 1. The van der Waals surface area contributed by atoms with E-state index in [0.717, 1.165) is 27.8 Å². The number of benzene rings is 1. The highest BCUT2D eigenvalue weighted by atomic mass is 127. The fourth-order valence-electron chi connectivity index (χ4n) is 1.39. The van der Waals surface area contributed by atoms with Crippen LogP contribution in [0.5, 0.6) is 0 Å². The van der Waals surface area contributed by atoms with E-state index in [-0.39, 0.29) is 18.3 Å². The van der Waals surface area contributed by atoms with Crippen molar-refractivity contribution in [3.63, 3.8) is 0 Å². The van der Waals surface area contributed by atoms with Gasteiger partial charge in [0.2, 0.25) is 0 Å². The van der Waals surface area contributed by atoms with E-state index in [1.165, 1.54) is 0 Å². The maximum Gasteiger partial charge on any atom is 0.251 e. The Morgan fingerprint density at radius 3 is 2.71 bits per heavy atom. The molecule has 0 heterocycles. The molecule has 0 radical (unpaired) electrons. The van der Waals surface area contributed by atoms with Gasteiger partial charge in [0.05, 0.1) is 0 Å². The van der Waals surface area contributed by atoms with Crippen molar-refractivity contribution < 1.29 is 4.79 Å². The van der Waals surface area contributed by atoms with Crippen molar-refractivity contribution in [2.75, 3.05) is 19.6 Å². The molecule has 0 unspecified atom stereocenters. The second-order valence-corrected chi connectivity index (χ2v) is 4.68. The molecular formula is C12H18ClIN2O. The van der Waals surface area contributed by atoms with Crippen molar-refractivity contribution in [1.29, 1.82) is 0 Å². The number of likely N-dealkylation sites (N-methyl/N-ethyl adjacent to an activating group) is 1. The van der Waals surface area contributed by atoms with Gasteiger partial charge in [-0.2, -0.15) is 0 Å². The summed E-state index contributed by atoms with van der Waals surface area (Å²) in [6, 6.07) is 5.78. The molecule has 0 aliphatic heterocycles. The van der Waals surface area contributed by atoms with Crippen LogP contribution in [0.25, 0.3) is 0 Å². The Morgan fingerprint density at radius 1 is 1.35 bits per heavy atom. The van der Waals surface area contributed by atoms with Crippen LogP contribution in [0.3, 0.4) is 0 Å². The maximum atomic E-state index is 11.8. The van der Waals surface area contributed by atoms with Crippen molar-refractivity contribution in [1.82, 2.24) is 10.6 Å². The van der Waals surface area contributed by atoms with Crippen molar-refractivity contribution in [3.8, 4) is 0 Å². The van der Waals surface area contributed by atoms with E-state index in [2.05, 4.69) is 33.2 Å². The molecule has 0 bridgehead atoms. The van der Waals surface area contributed by atoms with Gasteiger partial charge in [-0.3, -0.25) is 4.79 Å². The summed E-state index contributed by atoms with van der Waals surface area (Å²) in [4.78, 5) is 11.8. The number of halogens is 2. The van der Waals surface area contributed by atoms with Gasteiger partial charge in [-0.1, -0.05) is 13.0 Å². The van der Waals surface area contributed by atoms with E-state index in [1.54, 1.807) is 0 Å². The van der Waals surface area contributed by atoms with E-state index in [4.69, 9.17) is 0 Å². The lowest BCUT2D eigenvalue weighted by atomic mass is 10.1. The third kappa shape index (κ3) is 5.23. The molecule has 0 aliphatic carbocycles. The summed E-state index contributed by atoms with van der Waals surface area (Å²) in [5, 5.41) is 6.06. The topological polar surface area (TPSA) is 41.1 Å². The molecule has 1 amide bonds. The summed E-state index contributed by atoms with van der Waals surface area (Å²) < 4.78 is 1.12. The Kier molecular flexibility index (Phi) is 8.55. The van der Waals surface area contributed by atoms with Gasteiger partial charge in [0.25, 0.3) is 5.91 Å². The molecule has 0 saturated heterocycles. The van der Waals surface area contributed by atoms with Crippen molar-refractivity contribution in [2.24, 2.45) is 0 Å². The van der Waals surface area contributed by atoms with Crippen LogP contribution >= 0.6 is 35.0 Å². The van der Waals surface area contributed by atoms with Crippen LogP contribution in [0.2, 0.25) is 0 Å². The lowest BCUT2D eigenvalue weighted by Crippen LogP contribution is -2.32.